The lowest BCUT2D eigenvalue weighted by atomic mass is 10.1. The maximum atomic E-state index is 12.4. The van der Waals surface area contributed by atoms with Crippen LogP contribution in [0.25, 0.3) is 0 Å². The summed E-state index contributed by atoms with van der Waals surface area (Å²) in [7, 11) is 0. The topological polar surface area (TPSA) is 191 Å². The minimum absolute atomic E-state index is 0.0703. The second kappa shape index (κ2) is 13.6. The number of aliphatic carboxylic acids is 1. The fourth-order valence-corrected chi connectivity index (χ4v) is 3.09. The van der Waals surface area contributed by atoms with Gasteiger partial charge >= 0.3 is 5.97 Å². The van der Waals surface area contributed by atoms with E-state index in [-0.39, 0.29) is 18.6 Å². The molecule has 1 aromatic rings. The van der Waals surface area contributed by atoms with Crippen LogP contribution in [0.4, 0.5) is 0 Å². The van der Waals surface area contributed by atoms with E-state index in [9.17, 15) is 34.5 Å². The van der Waals surface area contributed by atoms with Crippen molar-refractivity contribution in [3.8, 4) is 5.75 Å². The highest BCUT2D eigenvalue weighted by atomic mass is 32.2. The van der Waals surface area contributed by atoms with Crippen molar-refractivity contribution in [1.29, 1.82) is 0 Å². The van der Waals surface area contributed by atoms with Crippen LogP contribution in [0.5, 0.6) is 5.75 Å². The quantitative estimate of drug-likeness (QED) is 0.181. The Morgan fingerprint density at radius 3 is 2.12 bits per heavy atom. The number of benzene rings is 1. The van der Waals surface area contributed by atoms with Crippen LogP contribution in [0.15, 0.2) is 24.3 Å². The van der Waals surface area contributed by atoms with Gasteiger partial charge in [0.1, 0.15) is 23.9 Å². The number of carbonyl (C=O) groups excluding carboxylic acids is 3. The highest BCUT2D eigenvalue weighted by Gasteiger charge is 2.28. The molecule has 0 aliphatic carbocycles. The summed E-state index contributed by atoms with van der Waals surface area (Å²) in [5.74, 6) is -2.81. The number of rotatable bonds is 13. The first-order chi connectivity index (χ1) is 15.1. The second-order valence-corrected chi connectivity index (χ2v) is 8.12. The molecule has 0 saturated carbocycles. The number of aliphatic hydroxyl groups is 1. The number of hydrogen-bond donors (Lipinski definition) is 7. The zero-order valence-corrected chi connectivity index (χ0v) is 18.7. The molecule has 0 bridgehead atoms. The lowest BCUT2D eigenvalue weighted by Crippen LogP contribution is -2.57. The summed E-state index contributed by atoms with van der Waals surface area (Å²) in [6, 6.07) is 1.53. The SMILES string of the molecule is CSCC[C@H](NC(=O)[C@H](C)NC(=O)[C@H](CO)NC(=O)[C@@H](N)Cc1ccc(O)cc1)C(=O)O. The molecule has 3 amide bonds. The molecular formula is C20H30N4O7S. The van der Waals surface area contributed by atoms with E-state index < -0.39 is 54.5 Å². The van der Waals surface area contributed by atoms with Crippen LogP contribution in [-0.2, 0) is 25.6 Å². The number of aliphatic hydroxyl groups excluding tert-OH is 1. The molecule has 1 aromatic carbocycles. The maximum absolute atomic E-state index is 12.4. The Bertz CT molecular complexity index is 791. The molecule has 0 saturated heterocycles. The van der Waals surface area contributed by atoms with Gasteiger partial charge < -0.3 is 37.0 Å². The number of nitrogens with two attached hydrogens (primary N) is 1. The Labute approximate surface area is 190 Å². The molecule has 4 atom stereocenters. The van der Waals surface area contributed by atoms with Gasteiger partial charge in [0.25, 0.3) is 0 Å². The molecule has 0 fully saturated rings. The first kappa shape index (κ1) is 27.2. The molecule has 11 nitrogen and oxygen atoms in total. The van der Waals surface area contributed by atoms with Crippen molar-refractivity contribution in [2.75, 3.05) is 18.6 Å². The Balaban J connectivity index is 2.62. The van der Waals surface area contributed by atoms with Crippen molar-refractivity contribution in [3.63, 3.8) is 0 Å². The van der Waals surface area contributed by atoms with E-state index in [4.69, 9.17) is 5.73 Å². The van der Waals surface area contributed by atoms with Crippen molar-refractivity contribution in [1.82, 2.24) is 16.0 Å². The molecule has 0 radical (unpaired) electrons. The van der Waals surface area contributed by atoms with E-state index in [1.165, 1.54) is 30.8 Å². The standard InChI is InChI=1S/C20H30N4O7S/c1-11(17(27)23-15(20(30)31)7-8-32-2)22-19(29)16(10-25)24-18(28)14(21)9-12-3-5-13(26)6-4-12/h3-6,11,14-16,25-26H,7-10,21H2,1-2H3,(H,22,29)(H,23,27)(H,24,28)(H,30,31)/t11-,14-,15-,16-/m0/s1. The lowest BCUT2D eigenvalue weighted by Gasteiger charge is -2.22. The number of aromatic hydroxyl groups is 1. The number of amides is 3. The highest BCUT2D eigenvalue weighted by molar-refractivity contribution is 7.98. The van der Waals surface area contributed by atoms with Gasteiger partial charge in [-0.1, -0.05) is 12.1 Å². The summed E-state index contributed by atoms with van der Waals surface area (Å²) in [5, 5.41) is 35.0. The van der Waals surface area contributed by atoms with E-state index in [1.807, 2.05) is 6.26 Å². The van der Waals surface area contributed by atoms with Crippen molar-refractivity contribution in [3.05, 3.63) is 29.8 Å². The average Bonchev–Trinajstić information content (AvgIpc) is 2.75. The van der Waals surface area contributed by atoms with Crippen molar-refractivity contribution < 1.29 is 34.5 Å². The molecule has 0 aliphatic rings. The van der Waals surface area contributed by atoms with Crippen LogP contribution in [-0.4, -0.2) is 81.8 Å². The number of carbonyl (C=O) groups is 4. The Morgan fingerprint density at radius 1 is 1.00 bits per heavy atom. The number of phenolic OH excluding ortho intramolecular Hbond substituents is 1. The summed E-state index contributed by atoms with van der Waals surface area (Å²) in [6.07, 6.45) is 2.16. The molecule has 178 valence electrons. The third kappa shape index (κ3) is 9.12. The largest absolute Gasteiger partial charge is 0.508 e. The fourth-order valence-electron chi connectivity index (χ4n) is 2.62. The third-order valence-corrected chi connectivity index (χ3v) is 5.17. The molecule has 0 spiro atoms. The molecular weight excluding hydrogens is 440 g/mol. The zero-order valence-electron chi connectivity index (χ0n) is 17.9. The van der Waals surface area contributed by atoms with E-state index >= 15 is 0 Å². The normalized spacial score (nSPS) is 14.5. The summed E-state index contributed by atoms with van der Waals surface area (Å²) in [5.41, 5.74) is 6.54. The first-order valence-electron chi connectivity index (χ1n) is 9.86. The molecule has 0 heterocycles. The monoisotopic (exact) mass is 470 g/mol. The van der Waals surface area contributed by atoms with Gasteiger partial charge in [-0.05, 0) is 49.5 Å². The maximum Gasteiger partial charge on any atom is 0.326 e. The average molecular weight is 471 g/mol. The summed E-state index contributed by atoms with van der Waals surface area (Å²) >= 11 is 1.44. The Kier molecular flexibility index (Phi) is 11.5. The smallest absolute Gasteiger partial charge is 0.326 e. The summed E-state index contributed by atoms with van der Waals surface area (Å²) in [4.78, 5) is 48.2. The second-order valence-electron chi connectivity index (χ2n) is 7.13. The fraction of sp³-hybridized carbons (Fsp3) is 0.500. The minimum Gasteiger partial charge on any atom is -0.508 e. The first-order valence-corrected chi connectivity index (χ1v) is 11.3. The van der Waals surface area contributed by atoms with E-state index in [0.717, 1.165) is 0 Å². The van der Waals surface area contributed by atoms with Crippen LogP contribution in [0, 0.1) is 0 Å². The van der Waals surface area contributed by atoms with E-state index in [1.54, 1.807) is 12.1 Å². The molecule has 32 heavy (non-hydrogen) atoms. The van der Waals surface area contributed by atoms with E-state index in [0.29, 0.717) is 11.3 Å². The van der Waals surface area contributed by atoms with Gasteiger partial charge in [0.15, 0.2) is 0 Å². The molecule has 0 unspecified atom stereocenters. The van der Waals surface area contributed by atoms with Gasteiger partial charge in [0, 0.05) is 0 Å². The highest BCUT2D eigenvalue weighted by Crippen LogP contribution is 2.11. The molecule has 0 aliphatic heterocycles. The molecule has 1 rings (SSSR count). The van der Waals surface area contributed by atoms with Gasteiger partial charge in [0.05, 0.1) is 12.6 Å². The summed E-state index contributed by atoms with van der Waals surface area (Å²) < 4.78 is 0. The third-order valence-electron chi connectivity index (χ3n) is 4.52. The number of carboxylic acids is 1. The number of hydrogen-bond acceptors (Lipinski definition) is 8. The van der Waals surface area contributed by atoms with Gasteiger partial charge in [-0.3, -0.25) is 14.4 Å². The number of phenols is 1. The number of carboxylic acid groups (broad SMARTS) is 1. The van der Waals surface area contributed by atoms with Crippen LogP contribution in [0.3, 0.4) is 0 Å². The van der Waals surface area contributed by atoms with Crippen molar-refractivity contribution in [2.45, 2.75) is 43.9 Å². The van der Waals surface area contributed by atoms with Crippen molar-refractivity contribution >= 4 is 35.5 Å². The van der Waals surface area contributed by atoms with E-state index in [2.05, 4.69) is 16.0 Å². The van der Waals surface area contributed by atoms with Gasteiger partial charge in [0.2, 0.25) is 17.7 Å². The van der Waals surface area contributed by atoms with Crippen LogP contribution >= 0.6 is 11.8 Å². The Morgan fingerprint density at radius 2 is 1.59 bits per heavy atom. The van der Waals surface area contributed by atoms with Crippen molar-refractivity contribution in [2.24, 2.45) is 5.73 Å². The molecule has 0 aromatic heterocycles. The molecule has 8 N–H and O–H groups in total. The number of thioether (sulfide) groups is 1. The van der Waals surface area contributed by atoms with Gasteiger partial charge in [-0.25, -0.2) is 4.79 Å². The van der Waals surface area contributed by atoms with Crippen LogP contribution in [0.2, 0.25) is 0 Å². The minimum atomic E-state index is -1.35. The predicted molar refractivity (Wildman–Crippen MR) is 119 cm³/mol. The zero-order chi connectivity index (χ0) is 24.3. The number of nitrogens with one attached hydrogen (secondary N) is 3. The van der Waals surface area contributed by atoms with Crippen LogP contribution < -0.4 is 21.7 Å². The van der Waals surface area contributed by atoms with Gasteiger partial charge in [-0.2, -0.15) is 11.8 Å². The van der Waals surface area contributed by atoms with Gasteiger partial charge in [-0.15, -0.1) is 0 Å². The predicted octanol–water partition coefficient (Wildman–Crippen LogP) is -1.43. The Hall–Kier alpha value is -2.83. The lowest BCUT2D eigenvalue weighted by molar-refractivity contribution is -0.142. The van der Waals surface area contributed by atoms with Crippen LogP contribution in [0.1, 0.15) is 18.9 Å². The molecule has 12 heteroatoms. The summed E-state index contributed by atoms with van der Waals surface area (Å²) in [6.45, 7) is 0.622.